The lowest BCUT2D eigenvalue weighted by molar-refractivity contribution is -0.117. The summed E-state index contributed by atoms with van der Waals surface area (Å²) in [6, 6.07) is 6.75. The third kappa shape index (κ3) is 6.91. The Kier molecular flexibility index (Phi) is 8.94. The summed E-state index contributed by atoms with van der Waals surface area (Å²) in [4.78, 5) is 12.8. The van der Waals surface area contributed by atoms with Gasteiger partial charge in [0.1, 0.15) is 28.8 Å². The van der Waals surface area contributed by atoms with E-state index in [1.165, 1.54) is 11.1 Å². The van der Waals surface area contributed by atoms with Gasteiger partial charge in [0.15, 0.2) is 0 Å². The Morgan fingerprint density at radius 2 is 1.09 bits per heavy atom. The molecule has 2 rings (SSSR count). The first-order valence-corrected chi connectivity index (χ1v) is 10.7. The zero-order valence-corrected chi connectivity index (χ0v) is 19.9. The minimum absolute atomic E-state index is 0.0272. The maximum absolute atomic E-state index is 12.8. The molecule has 0 saturated carbocycles. The number of carbonyl (C=O) groups excluding carboxylic acids is 1. The number of rotatable bonds is 10. The van der Waals surface area contributed by atoms with Gasteiger partial charge in [-0.15, -0.1) is 0 Å². The largest absolute Gasteiger partial charge is 0.508 e. The summed E-state index contributed by atoms with van der Waals surface area (Å²) in [6.07, 6.45) is 5.58. The van der Waals surface area contributed by atoms with Crippen LogP contribution in [0.3, 0.4) is 0 Å². The number of benzene rings is 2. The van der Waals surface area contributed by atoms with Crippen molar-refractivity contribution in [2.45, 2.75) is 53.4 Å². The maximum atomic E-state index is 12.8. The Bertz CT molecular complexity index is 941. The van der Waals surface area contributed by atoms with Crippen LogP contribution in [0.1, 0.15) is 49.9 Å². The molecule has 0 amide bonds. The Morgan fingerprint density at radius 3 is 1.41 bits per heavy atom. The van der Waals surface area contributed by atoms with Crippen LogP contribution in [0.5, 0.6) is 23.0 Å². The number of phenolic OH excluding ortho intramolecular Hbond substituents is 2. The van der Waals surface area contributed by atoms with E-state index in [0.717, 1.165) is 11.1 Å². The molecular formula is C27H34O5. The molecule has 0 aliphatic heterocycles. The van der Waals surface area contributed by atoms with E-state index in [1.807, 2.05) is 39.8 Å². The summed E-state index contributed by atoms with van der Waals surface area (Å²) in [5.41, 5.74) is 5.26. The van der Waals surface area contributed by atoms with Crippen LogP contribution >= 0.6 is 0 Å². The van der Waals surface area contributed by atoms with Crippen LogP contribution in [0.25, 0.3) is 0 Å². The number of allylic oxidation sites excluding steroid dienone is 4. The third-order valence-electron chi connectivity index (χ3n) is 5.20. The molecule has 0 radical (unpaired) electrons. The molecule has 32 heavy (non-hydrogen) atoms. The van der Waals surface area contributed by atoms with E-state index >= 15 is 0 Å². The van der Waals surface area contributed by atoms with Crippen molar-refractivity contribution in [3.05, 3.63) is 69.8 Å². The first-order valence-electron chi connectivity index (χ1n) is 10.7. The van der Waals surface area contributed by atoms with Gasteiger partial charge in [-0.2, -0.15) is 0 Å². The van der Waals surface area contributed by atoms with Crippen LogP contribution in [0.15, 0.2) is 47.6 Å². The van der Waals surface area contributed by atoms with Gasteiger partial charge in [0.25, 0.3) is 0 Å². The van der Waals surface area contributed by atoms with E-state index in [0.29, 0.717) is 35.5 Å². The highest BCUT2D eigenvalue weighted by Crippen LogP contribution is 2.32. The molecule has 0 fully saturated rings. The second kappa shape index (κ2) is 11.4. The SMILES string of the molecule is COc1cc(O)c(CC(=O)Cc2cc(CC=C(C)C)c(OC)cc2O)cc1CC=C(C)C. The summed E-state index contributed by atoms with van der Waals surface area (Å²) in [5, 5.41) is 20.8. The molecule has 5 nitrogen and oxygen atoms in total. The summed E-state index contributed by atoms with van der Waals surface area (Å²) >= 11 is 0. The van der Waals surface area contributed by atoms with Crippen molar-refractivity contribution in [1.29, 1.82) is 0 Å². The molecular weight excluding hydrogens is 404 g/mol. The van der Waals surface area contributed by atoms with Gasteiger partial charge in [0.2, 0.25) is 0 Å². The molecule has 0 aromatic heterocycles. The molecule has 5 heteroatoms. The lowest BCUT2D eigenvalue weighted by atomic mass is 9.96. The molecule has 2 aromatic carbocycles. The number of aromatic hydroxyl groups is 2. The molecule has 0 unspecified atom stereocenters. The quantitative estimate of drug-likeness (QED) is 0.480. The van der Waals surface area contributed by atoms with Gasteiger partial charge in [-0.25, -0.2) is 0 Å². The highest BCUT2D eigenvalue weighted by molar-refractivity contribution is 5.84. The predicted molar refractivity (Wildman–Crippen MR) is 128 cm³/mol. The Labute approximate surface area is 191 Å². The standard InChI is InChI=1S/C27H34O5/c1-17(2)7-9-19-11-21(24(29)15-26(19)31-5)13-23(28)14-22-12-20(10-8-18(3)4)27(32-6)16-25(22)30/h7-8,11-12,15-16,29-30H,9-10,13-14H2,1-6H3. The fraction of sp³-hybridized carbons (Fsp3) is 0.370. The first kappa shape index (κ1) is 25.1. The van der Waals surface area contributed by atoms with Crippen LogP contribution in [0.4, 0.5) is 0 Å². The number of carbonyl (C=O) groups is 1. The fourth-order valence-corrected chi connectivity index (χ4v) is 3.43. The highest BCUT2D eigenvalue weighted by Gasteiger charge is 2.16. The topological polar surface area (TPSA) is 76.0 Å². The molecule has 0 aliphatic carbocycles. The molecule has 0 spiro atoms. The molecule has 2 aromatic rings. The Balaban J connectivity index is 2.27. The lowest BCUT2D eigenvalue weighted by Crippen LogP contribution is -2.08. The molecule has 0 atom stereocenters. The molecule has 0 saturated heterocycles. The van der Waals surface area contributed by atoms with E-state index in [-0.39, 0.29) is 30.1 Å². The Hall–Kier alpha value is -3.21. The predicted octanol–water partition coefficient (Wildman–Crippen LogP) is 5.49. The van der Waals surface area contributed by atoms with Crippen molar-refractivity contribution in [2.24, 2.45) is 0 Å². The van der Waals surface area contributed by atoms with Crippen molar-refractivity contribution in [3.8, 4) is 23.0 Å². The number of ketones is 1. The van der Waals surface area contributed by atoms with E-state index in [9.17, 15) is 15.0 Å². The van der Waals surface area contributed by atoms with Crippen molar-refractivity contribution >= 4 is 5.78 Å². The minimum atomic E-state index is -0.104. The van der Waals surface area contributed by atoms with Gasteiger partial charge in [0, 0.05) is 36.1 Å². The Morgan fingerprint density at radius 1 is 0.719 bits per heavy atom. The number of Topliss-reactive ketones (excluding diaryl/α,β-unsaturated/α-hetero) is 1. The van der Waals surface area contributed by atoms with E-state index in [2.05, 4.69) is 12.2 Å². The molecule has 0 aliphatic rings. The first-order chi connectivity index (χ1) is 15.1. The summed E-state index contributed by atoms with van der Waals surface area (Å²) < 4.78 is 10.8. The van der Waals surface area contributed by atoms with Crippen LogP contribution < -0.4 is 9.47 Å². The van der Waals surface area contributed by atoms with Crippen LogP contribution in [-0.4, -0.2) is 30.2 Å². The van der Waals surface area contributed by atoms with Crippen LogP contribution in [-0.2, 0) is 30.5 Å². The molecule has 172 valence electrons. The number of hydrogen-bond acceptors (Lipinski definition) is 5. The number of ether oxygens (including phenoxy) is 2. The van der Waals surface area contributed by atoms with Crippen molar-refractivity contribution in [2.75, 3.05) is 14.2 Å². The summed E-state index contributed by atoms with van der Waals surface area (Å²) in [6.45, 7) is 8.07. The summed E-state index contributed by atoms with van der Waals surface area (Å²) in [5.74, 6) is 1.13. The highest BCUT2D eigenvalue weighted by atomic mass is 16.5. The molecule has 0 heterocycles. The zero-order chi connectivity index (χ0) is 23.8. The minimum Gasteiger partial charge on any atom is -0.508 e. The lowest BCUT2D eigenvalue weighted by Gasteiger charge is -2.13. The van der Waals surface area contributed by atoms with Gasteiger partial charge in [-0.05, 0) is 63.8 Å². The molecule has 0 bridgehead atoms. The fourth-order valence-electron chi connectivity index (χ4n) is 3.43. The van der Waals surface area contributed by atoms with Crippen LogP contribution in [0, 0.1) is 0 Å². The van der Waals surface area contributed by atoms with E-state index in [1.54, 1.807) is 26.4 Å². The average molecular weight is 439 g/mol. The smallest absolute Gasteiger partial charge is 0.141 e. The number of phenols is 2. The number of hydrogen-bond donors (Lipinski definition) is 2. The van der Waals surface area contributed by atoms with Crippen molar-refractivity contribution < 1.29 is 24.5 Å². The van der Waals surface area contributed by atoms with E-state index < -0.39 is 0 Å². The number of methoxy groups -OCH3 is 2. The van der Waals surface area contributed by atoms with Crippen LogP contribution in [0.2, 0.25) is 0 Å². The normalized spacial score (nSPS) is 10.4. The van der Waals surface area contributed by atoms with Gasteiger partial charge >= 0.3 is 0 Å². The van der Waals surface area contributed by atoms with Gasteiger partial charge in [0.05, 0.1) is 14.2 Å². The van der Waals surface area contributed by atoms with Crippen molar-refractivity contribution in [3.63, 3.8) is 0 Å². The molecule has 2 N–H and O–H groups in total. The second-order valence-corrected chi connectivity index (χ2v) is 8.45. The maximum Gasteiger partial charge on any atom is 0.141 e. The third-order valence-corrected chi connectivity index (χ3v) is 5.20. The van der Waals surface area contributed by atoms with Gasteiger partial charge < -0.3 is 19.7 Å². The van der Waals surface area contributed by atoms with Gasteiger partial charge in [-0.3, -0.25) is 4.79 Å². The van der Waals surface area contributed by atoms with Crippen molar-refractivity contribution in [1.82, 2.24) is 0 Å². The van der Waals surface area contributed by atoms with Gasteiger partial charge in [-0.1, -0.05) is 23.3 Å². The monoisotopic (exact) mass is 438 g/mol. The second-order valence-electron chi connectivity index (χ2n) is 8.45. The average Bonchev–Trinajstić information content (AvgIpc) is 2.73. The summed E-state index contributed by atoms with van der Waals surface area (Å²) in [7, 11) is 3.12. The zero-order valence-electron chi connectivity index (χ0n) is 19.9. The van der Waals surface area contributed by atoms with E-state index in [4.69, 9.17) is 9.47 Å².